The van der Waals surface area contributed by atoms with Crippen LogP contribution in [-0.4, -0.2) is 26.5 Å². The van der Waals surface area contributed by atoms with E-state index in [4.69, 9.17) is 9.16 Å². The van der Waals surface area contributed by atoms with E-state index in [9.17, 15) is 4.79 Å². The summed E-state index contributed by atoms with van der Waals surface area (Å²) in [5, 5.41) is 1.20. The molecule has 0 saturated carbocycles. The molecule has 0 unspecified atom stereocenters. The van der Waals surface area contributed by atoms with Gasteiger partial charge in [-0.15, -0.1) is 0 Å². The quantitative estimate of drug-likeness (QED) is 0.606. The van der Waals surface area contributed by atoms with Gasteiger partial charge < -0.3 is 9.16 Å². The fraction of sp³-hybridized carbons (Fsp3) is 0.462. The number of rotatable bonds is 3. The number of carbonyl (C=O) groups excluding carboxylic acids is 1. The van der Waals surface area contributed by atoms with Gasteiger partial charge in [-0.3, -0.25) is 0 Å². The van der Waals surface area contributed by atoms with Crippen LogP contribution in [-0.2, 0) is 14.0 Å². The van der Waals surface area contributed by atoms with Crippen molar-refractivity contribution in [3.8, 4) is 0 Å². The normalized spacial score (nSPS) is 24.8. The van der Waals surface area contributed by atoms with Gasteiger partial charge in [0.2, 0.25) is 8.32 Å². The van der Waals surface area contributed by atoms with Crippen LogP contribution in [0.2, 0.25) is 13.1 Å². The second-order valence-electron chi connectivity index (χ2n) is 5.10. The van der Waals surface area contributed by atoms with E-state index < -0.39 is 13.9 Å². The van der Waals surface area contributed by atoms with E-state index in [2.05, 4.69) is 25.2 Å². The minimum absolute atomic E-state index is 0.228. The van der Waals surface area contributed by atoms with Crippen LogP contribution >= 0.6 is 0 Å². The number of benzene rings is 1. The molecule has 0 radical (unpaired) electrons. The Kier molecular flexibility index (Phi) is 3.10. The average molecular weight is 250 g/mol. The van der Waals surface area contributed by atoms with E-state index in [1.807, 2.05) is 25.1 Å². The third kappa shape index (κ3) is 2.42. The van der Waals surface area contributed by atoms with Crippen LogP contribution in [0.3, 0.4) is 0 Å². The van der Waals surface area contributed by atoms with E-state index in [0.29, 0.717) is 13.0 Å². The molecular formula is C13H18O3Si. The molecule has 17 heavy (non-hydrogen) atoms. The van der Waals surface area contributed by atoms with Gasteiger partial charge in [0.25, 0.3) is 0 Å². The van der Waals surface area contributed by atoms with Crippen molar-refractivity contribution in [1.82, 2.24) is 0 Å². The predicted molar refractivity (Wildman–Crippen MR) is 68.6 cm³/mol. The first-order valence-corrected chi connectivity index (χ1v) is 8.78. The lowest BCUT2D eigenvalue weighted by atomic mass is 10.1. The summed E-state index contributed by atoms with van der Waals surface area (Å²) < 4.78 is 11.2. The van der Waals surface area contributed by atoms with Crippen molar-refractivity contribution < 1.29 is 14.0 Å². The molecule has 1 saturated heterocycles. The van der Waals surface area contributed by atoms with Crippen LogP contribution in [0.25, 0.3) is 0 Å². The number of carbonyl (C=O) groups is 1. The summed E-state index contributed by atoms with van der Waals surface area (Å²) in [4.78, 5) is 11.7. The molecule has 2 rings (SSSR count). The fourth-order valence-corrected chi connectivity index (χ4v) is 4.57. The topological polar surface area (TPSA) is 35.5 Å². The Bertz CT molecular complexity index is 416. The maximum Gasteiger partial charge on any atom is 0.337 e. The van der Waals surface area contributed by atoms with E-state index >= 15 is 0 Å². The zero-order chi connectivity index (χ0) is 12.5. The Labute approximate surface area is 103 Å². The lowest BCUT2D eigenvalue weighted by Crippen LogP contribution is -2.52. The third-order valence-corrected chi connectivity index (χ3v) is 5.88. The van der Waals surface area contributed by atoms with Crippen molar-refractivity contribution >= 4 is 19.5 Å². The molecule has 3 nitrogen and oxygen atoms in total. The van der Waals surface area contributed by atoms with Crippen molar-refractivity contribution in [2.45, 2.75) is 32.0 Å². The molecule has 1 aromatic rings. The zero-order valence-electron chi connectivity index (χ0n) is 10.5. The highest BCUT2D eigenvalue weighted by Gasteiger charge is 2.45. The number of hydrogen-bond donors (Lipinski definition) is 0. The van der Waals surface area contributed by atoms with Crippen LogP contribution < -0.4 is 5.19 Å². The van der Waals surface area contributed by atoms with Gasteiger partial charge in [0, 0.05) is 6.42 Å². The van der Waals surface area contributed by atoms with Gasteiger partial charge in [0.1, 0.15) is 0 Å². The van der Waals surface area contributed by atoms with Gasteiger partial charge in [0.05, 0.1) is 6.61 Å². The highest BCUT2D eigenvalue weighted by atomic mass is 28.4. The molecule has 1 aliphatic rings. The summed E-state index contributed by atoms with van der Waals surface area (Å²) in [7, 11) is -2.06. The first kappa shape index (κ1) is 12.3. The smallest absolute Gasteiger partial charge is 0.337 e. The Balaban J connectivity index is 2.20. The molecule has 0 N–H and O–H groups in total. The lowest BCUT2D eigenvalue weighted by molar-refractivity contribution is -0.150. The van der Waals surface area contributed by atoms with Gasteiger partial charge in [-0.2, -0.15) is 0 Å². The monoisotopic (exact) mass is 250 g/mol. The highest BCUT2D eigenvalue weighted by Crippen LogP contribution is 2.27. The molecule has 92 valence electrons. The van der Waals surface area contributed by atoms with Crippen molar-refractivity contribution in [2.24, 2.45) is 0 Å². The van der Waals surface area contributed by atoms with Gasteiger partial charge >= 0.3 is 5.97 Å². The summed E-state index contributed by atoms with van der Waals surface area (Å²) in [6, 6.07) is 10.1. The Morgan fingerprint density at radius 2 is 1.94 bits per heavy atom. The van der Waals surface area contributed by atoms with Crippen molar-refractivity contribution in [3.63, 3.8) is 0 Å². The first-order valence-electron chi connectivity index (χ1n) is 5.87. The van der Waals surface area contributed by atoms with Gasteiger partial charge in [-0.1, -0.05) is 30.3 Å². The molecule has 0 amide bonds. The standard InChI is InChI=1S/C13H18O3Si/c1-13(9-10-15-12(13)14)16-17(2,3)11-7-5-4-6-8-11/h4-8H,9-10H2,1-3H3/t13-/m0/s1. The predicted octanol–water partition coefficient (Wildman–Crippen LogP) is 1.82. The number of esters is 1. The number of ether oxygens (including phenoxy) is 1. The molecule has 0 aliphatic carbocycles. The van der Waals surface area contributed by atoms with Crippen molar-refractivity contribution in [3.05, 3.63) is 30.3 Å². The lowest BCUT2D eigenvalue weighted by Gasteiger charge is -2.32. The molecule has 1 aliphatic heterocycles. The van der Waals surface area contributed by atoms with E-state index in [1.54, 1.807) is 0 Å². The number of hydrogen-bond acceptors (Lipinski definition) is 3. The first-order chi connectivity index (χ1) is 7.94. The van der Waals surface area contributed by atoms with E-state index in [1.165, 1.54) is 5.19 Å². The van der Waals surface area contributed by atoms with Gasteiger partial charge in [-0.25, -0.2) is 4.79 Å². The second-order valence-corrected chi connectivity index (χ2v) is 8.90. The van der Waals surface area contributed by atoms with Crippen molar-refractivity contribution in [2.75, 3.05) is 6.61 Å². The highest BCUT2D eigenvalue weighted by molar-refractivity contribution is 6.84. The zero-order valence-corrected chi connectivity index (χ0v) is 11.5. The maximum atomic E-state index is 11.7. The van der Waals surface area contributed by atoms with Gasteiger partial charge in [-0.05, 0) is 25.2 Å². The van der Waals surface area contributed by atoms with Crippen LogP contribution in [0.5, 0.6) is 0 Å². The SMILES string of the molecule is C[C@]1(O[Si](C)(C)c2ccccc2)CCOC1=O. The van der Waals surface area contributed by atoms with Crippen LogP contribution in [0.4, 0.5) is 0 Å². The summed E-state index contributed by atoms with van der Waals surface area (Å²) >= 11 is 0. The Morgan fingerprint density at radius 1 is 1.29 bits per heavy atom. The average Bonchev–Trinajstić information content (AvgIpc) is 2.59. The summed E-state index contributed by atoms with van der Waals surface area (Å²) in [6.45, 7) is 6.52. The Morgan fingerprint density at radius 3 is 2.47 bits per heavy atom. The van der Waals surface area contributed by atoms with E-state index in [0.717, 1.165) is 0 Å². The molecular weight excluding hydrogens is 232 g/mol. The molecule has 1 heterocycles. The molecule has 0 spiro atoms. The largest absolute Gasteiger partial charge is 0.463 e. The molecule has 1 atom stereocenters. The summed E-state index contributed by atoms with van der Waals surface area (Å²) in [6.07, 6.45) is 0.648. The molecule has 1 aromatic carbocycles. The number of cyclic esters (lactones) is 1. The third-order valence-electron chi connectivity index (χ3n) is 3.19. The minimum atomic E-state index is -2.06. The second kappa shape index (κ2) is 4.27. The van der Waals surface area contributed by atoms with Crippen LogP contribution in [0.15, 0.2) is 30.3 Å². The minimum Gasteiger partial charge on any atom is -0.463 e. The fourth-order valence-electron chi connectivity index (χ4n) is 2.15. The van der Waals surface area contributed by atoms with Crippen molar-refractivity contribution in [1.29, 1.82) is 0 Å². The van der Waals surface area contributed by atoms with Crippen LogP contribution in [0.1, 0.15) is 13.3 Å². The maximum absolute atomic E-state index is 11.7. The Hall–Kier alpha value is -1.13. The molecule has 0 bridgehead atoms. The molecule has 1 fully saturated rings. The van der Waals surface area contributed by atoms with E-state index in [-0.39, 0.29) is 5.97 Å². The molecule has 4 heteroatoms. The summed E-state index contributed by atoms with van der Waals surface area (Å²) in [5.74, 6) is -0.228. The summed E-state index contributed by atoms with van der Waals surface area (Å²) in [5.41, 5.74) is -0.758. The van der Waals surface area contributed by atoms with Gasteiger partial charge in [0.15, 0.2) is 5.60 Å². The van der Waals surface area contributed by atoms with Crippen LogP contribution in [0, 0.1) is 0 Å². The molecule has 0 aromatic heterocycles.